The number of phenols is 1. The number of hydrogen-bond acceptors (Lipinski definition) is 13. The molecular weight excluding hydrogens is 637 g/mol. The number of amides is 2. The quantitative estimate of drug-likeness (QED) is 0.248. The van der Waals surface area contributed by atoms with E-state index >= 15 is 0 Å². The summed E-state index contributed by atoms with van der Waals surface area (Å²) in [6, 6.07) is 6.17. The Morgan fingerprint density at radius 3 is 2.11 bits per heavy atom. The van der Waals surface area contributed by atoms with E-state index in [0.29, 0.717) is 12.0 Å². The van der Waals surface area contributed by atoms with Crippen LogP contribution in [0.2, 0.25) is 0 Å². The van der Waals surface area contributed by atoms with Gasteiger partial charge in [-0.1, -0.05) is 19.1 Å². The van der Waals surface area contributed by atoms with Crippen molar-refractivity contribution in [3.05, 3.63) is 41.7 Å². The molecule has 3 fully saturated rings. The van der Waals surface area contributed by atoms with Crippen LogP contribution in [0.5, 0.6) is 11.5 Å². The van der Waals surface area contributed by atoms with Crippen molar-refractivity contribution in [2.24, 2.45) is 11.8 Å². The molecule has 2 aromatic rings. The summed E-state index contributed by atoms with van der Waals surface area (Å²) >= 11 is 0. The Morgan fingerprint density at radius 1 is 0.956 bits per heavy atom. The number of nitrogens with zero attached hydrogens (tertiary/aromatic N) is 3. The van der Waals surface area contributed by atoms with Crippen LogP contribution in [0, 0.1) is 17.7 Å². The Bertz CT molecular complexity index is 1680. The molecule has 5 rings (SSSR count). The number of imide groups is 1. The van der Waals surface area contributed by atoms with Gasteiger partial charge in [0.25, 0.3) is 10.1 Å². The maximum absolute atomic E-state index is 14.5. The molecule has 1 aliphatic carbocycles. The minimum atomic E-state index is -4.51. The fourth-order valence-corrected chi connectivity index (χ4v) is 7.59. The summed E-state index contributed by atoms with van der Waals surface area (Å²) in [6.45, 7) is 2.33. The number of aliphatic hydroxyl groups excluding tert-OH is 2. The van der Waals surface area contributed by atoms with Crippen LogP contribution in [0.1, 0.15) is 25.3 Å². The fourth-order valence-electron chi connectivity index (χ4n) is 6.02. The van der Waals surface area contributed by atoms with Crippen LogP contribution in [-0.2, 0) is 40.4 Å². The molecule has 1 saturated carbocycles. The molecule has 2 heterocycles. The molecule has 0 bridgehead atoms. The van der Waals surface area contributed by atoms with Gasteiger partial charge in [-0.05, 0) is 30.9 Å². The number of hydrogen-bond donors (Lipinski definition) is 3. The van der Waals surface area contributed by atoms with Crippen LogP contribution >= 0.6 is 0 Å². The number of carbonyl (C=O) groups is 2. The van der Waals surface area contributed by atoms with Gasteiger partial charge < -0.3 is 24.4 Å². The molecule has 3 aliphatic rings. The molecule has 0 spiro atoms. The monoisotopic (exact) mass is 671 g/mol. The Balaban J connectivity index is 1.29. The van der Waals surface area contributed by atoms with E-state index in [-0.39, 0.29) is 62.0 Å². The molecule has 2 amide bonds. The second kappa shape index (κ2) is 12.4. The number of anilines is 2. The first-order valence-corrected chi connectivity index (χ1v) is 17.5. The lowest BCUT2D eigenvalue weighted by Gasteiger charge is -2.36. The third-order valence-electron chi connectivity index (χ3n) is 8.33. The highest BCUT2D eigenvalue weighted by Gasteiger charge is 2.54. The number of phenolic OH excluding ortho intramolecular Hbond substituents is 1. The average Bonchev–Trinajstić information content (AvgIpc) is 3.21. The third-order valence-corrected chi connectivity index (χ3v) is 10.1. The minimum absolute atomic E-state index is 0.0981. The summed E-state index contributed by atoms with van der Waals surface area (Å²) in [7, 11) is -8.53. The summed E-state index contributed by atoms with van der Waals surface area (Å²) in [5.41, 5.74) is 0.428. The van der Waals surface area contributed by atoms with E-state index in [1.807, 2.05) is 0 Å². The summed E-state index contributed by atoms with van der Waals surface area (Å²) in [6.07, 6.45) is -1.54. The van der Waals surface area contributed by atoms with Gasteiger partial charge in [-0.25, -0.2) is 9.29 Å². The van der Waals surface area contributed by atoms with E-state index in [2.05, 4.69) is 4.18 Å². The van der Waals surface area contributed by atoms with Gasteiger partial charge in [0.2, 0.25) is 11.8 Å². The average molecular weight is 672 g/mol. The molecule has 4 atom stereocenters. The Kier molecular flexibility index (Phi) is 9.14. The van der Waals surface area contributed by atoms with Crippen molar-refractivity contribution in [3.63, 3.8) is 0 Å². The first kappa shape index (κ1) is 33.0. The molecule has 45 heavy (non-hydrogen) atoms. The number of rotatable bonds is 9. The number of aliphatic hydroxyl groups is 2. The van der Waals surface area contributed by atoms with E-state index < -0.39 is 73.4 Å². The molecule has 4 unspecified atom stereocenters. The van der Waals surface area contributed by atoms with Crippen LogP contribution in [0.3, 0.4) is 0 Å². The summed E-state index contributed by atoms with van der Waals surface area (Å²) in [4.78, 5) is 30.6. The zero-order chi connectivity index (χ0) is 32.8. The zero-order valence-corrected chi connectivity index (χ0v) is 26.1. The molecule has 3 N–H and O–H groups in total. The van der Waals surface area contributed by atoms with Gasteiger partial charge in [0, 0.05) is 38.3 Å². The van der Waals surface area contributed by atoms with Crippen LogP contribution in [0.15, 0.2) is 35.2 Å². The highest BCUT2D eigenvalue weighted by molar-refractivity contribution is 7.87. The third kappa shape index (κ3) is 6.64. The molecule has 2 aromatic carbocycles. The van der Waals surface area contributed by atoms with Gasteiger partial charge in [0.15, 0.2) is 11.6 Å². The van der Waals surface area contributed by atoms with E-state index in [1.165, 1.54) is 12.1 Å². The number of para-hydroxylation sites is 1. The number of piperazine rings is 1. The van der Waals surface area contributed by atoms with Gasteiger partial charge in [-0.2, -0.15) is 16.8 Å². The van der Waals surface area contributed by atoms with Crippen molar-refractivity contribution in [2.75, 3.05) is 49.0 Å². The van der Waals surface area contributed by atoms with Crippen molar-refractivity contribution >= 4 is 43.4 Å². The van der Waals surface area contributed by atoms with Gasteiger partial charge in [0.05, 0.1) is 41.7 Å². The van der Waals surface area contributed by atoms with Crippen molar-refractivity contribution in [3.8, 4) is 11.5 Å². The molecule has 17 heteroatoms. The summed E-state index contributed by atoms with van der Waals surface area (Å²) in [5.74, 6) is -5.08. The Hall–Kier alpha value is -3.35. The van der Waals surface area contributed by atoms with E-state index in [4.69, 9.17) is 4.18 Å². The summed E-state index contributed by atoms with van der Waals surface area (Å²) in [5, 5.41) is 30.6. The second-order valence-electron chi connectivity index (χ2n) is 11.3. The Labute approximate surface area is 259 Å². The smallest absolute Gasteiger partial charge is 0.306 e. The lowest BCUT2D eigenvalue weighted by molar-refractivity contribution is -0.127. The Morgan fingerprint density at radius 2 is 1.56 bits per heavy atom. The van der Waals surface area contributed by atoms with Gasteiger partial charge in [0.1, 0.15) is 17.4 Å². The van der Waals surface area contributed by atoms with Crippen molar-refractivity contribution < 1.29 is 54.5 Å². The normalized spacial score (nSPS) is 24.6. The minimum Gasteiger partial charge on any atom is -0.506 e. The lowest BCUT2D eigenvalue weighted by Crippen LogP contribution is -2.47. The maximum atomic E-state index is 14.5. The number of fused-ring (bicyclic) bond motifs is 1. The molecule has 14 nitrogen and oxygen atoms in total. The molecule has 0 aromatic heterocycles. The molecule has 2 saturated heterocycles. The molecule has 0 radical (unpaired) electrons. The van der Waals surface area contributed by atoms with Gasteiger partial charge in [-0.15, -0.1) is 0 Å². The molecule has 2 aliphatic heterocycles. The van der Waals surface area contributed by atoms with E-state index in [9.17, 15) is 46.1 Å². The topological polar surface area (TPSA) is 191 Å². The largest absolute Gasteiger partial charge is 0.506 e. The number of benzene rings is 2. The number of aryl methyl sites for hydroxylation is 1. The predicted octanol–water partition coefficient (Wildman–Crippen LogP) is 0.538. The first-order chi connectivity index (χ1) is 21.1. The second-order valence-corrected chi connectivity index (χ2v) is 14.5. The highest BCUT2D eigenvalue weighted by atomic mass is 32.2. The molecular formula is C28H34FN3O11S2. The van der Waals surface area contributed by atoms with Crippen molar-refractivity contribution in [1.29, 1.82) is 0 Å². The van der Waals surface area contributed by atoms with Crippen LogP contribution in [-0.4, -0.2) is 100 Å². The SMILES string of the molecule is CCc1cccc(S(=O)(=O)OCN2CCN(c3cc(F)c(OS(C)(=O)=O)cc3O)CC2)c1N1C(=O)C2CC(O)C(O)CC2C1=O. The standard InChI is InChI=1S/C28H34FN3O11S2/c1-3-16-5-4-6-25(26(16)32-27(36)17-11-22(34)23(35)12-18(17)28(32)37)45(40,41)42-15-30-7-9-31(10-8-30)20-13-19(29)24(14-21(20)33)43-44(2,38)39/h4-6,13-14,17-18,22-23,33-35H,3,7-12,15H2,1-2H3. The van der Waals surface area contributed by atoms with Gasteiger partial charge >= 0.3 is 10.1 Å². The van der Waals surface area contributed by atoms with Crippen LogP contribution in [0.25, 0.3) is 0 Å². The highest BCUT2D eigenvalue weighted by Crippen LogP contribution is 2.43. The van der Waals surface area contributed by atoms with Gasteiger partial charge in [-0.3, -0.25) is 18.7 Å². The number of carbonyl (C=O) groups excluding carboxylic acids is 2. The van der Waals surface area contributed by atoms with Crippen molar-refractivity contribution in [1.82, 2.24) is 4.90 Å². The summed E-state index contributed by atoms with van der Waals surface area (Å²) < 4.78 is 74.2. The van der Waals surface area contributed by atoms with Crippen molar-refractivity contribution in [2.45, 2.75) is 43.3 Å². The van der Waals surface area contributed by atoms with Crippen LogP contribution in [0.4, 0.5) is 15.8 Å². The van der Waals surface area contributed by atoms with E-state index in [1.54, 1.807) is 22.8 Å². The first-order valence-electron chi connectivity index (χ1n) is 14.3. The zero-order valence-electron chi connectivity index (χ0n) is 24.5. The number of halogens is 1. The number of aromatic hydroxyl groups is 1. The predicted molar refractivity (Wildman–Crippen MR) is 157 cm³/mol. The van der Waals surface area contributed by atoms with Crippen LogP contribution < -0.4 is 14.0 Å². The maximum Gasteiger partial charge on any atom is 0.306 e. The lowest BCUT2D eigenvalue weighted by atomic mass is 9.78. The molecule has 246 valence electrons. The fraction of sp³-hybridized carbons (Fsp3) is 0.500. The van der Waals surface area contributed by atoms with E-state index in [0.717, 1.165) is 23.3 Å².